The summed E-state index contributed by atoms with van der Waals surface area (Å²) in [5.74, 6) is 0.407. The minimum absolute atomic E-state index is 0.346. The van der Waals surface area contributed by atoms with Crippen molar-refractivity contribution in [2.24, 2.45) is 0 Å². The number of amides is 2. The fourth-order valence-electron chi connectivity index (χ4n) is 1.40. The molecule has 0 radical (unpaired) electrons. The van der Waals surface area contributed by atoms with E-state index in [-0.39, 0.29) is 6.03 Å². The Morgan fingerprint density at radius 2 is 2.11 bits per heavy atom. The van der Waals surface area contributed by atoms with Crippen LogP contribution < -0.4 is 10.6 Å². The number of anilines is 2. The zero-order valence-electron chi connectivity index (χ0n) is 9.64. The molecule has 0 aliphatic rings. The van der Waals surface area contributed by atoms with E-state index in [9.17, 15) is 4.79 Å². The minimum Gasteiger partial charge on any atom is -0.307 e. The zero-order valence-corrected chi connectivity index (χ0v) is 11.2. The predicted octanol–water partition coefficient (Wildman–Crippen LogP) is 3.19. The first kappa shape index (κ1) is 12.5. The summed E-state index contributed by atoms with van der Waals surface area (Å²) in [6.45, 7) is 1.92. The van der Waals surface area contributed by atoms with E-state index in [2.05, 4.69) is 36.5 Å². The molecule has 0 saturated carbocycles. The molecule has 0 spiro atoms. The highest BCUT2D eigenvalue weighted by Crippen LogP contribution is 2.20. The lowest BCUT2D eigenvalue weighted by Gasteiger charge is -2.09. The van der Waals surface area contributed by atoms with Crippen LogP contribution in [-0.2, 0) is 0 Å². The van der Waals surface area contributed by atoms with Crippen LogP contribution in [0.4, 0.5) is 16.3 Å². The lowest BCUT2D eigenvalue weighted by atomic mass is 10.2. The summed E-state index contributed by atoms with van der Waals surface area (Å²) in [5.41, 5.74) is 1.72. The van der Waals surface area contributed by atoms with Crippen molar-refractivity contribution in [3.8, 4) is 0 Å². The maximum atomic E-state index is 11.7. The Kier molecular flexibility index (Phi) is 3.88. The third-order valence-electron chi connectivity index (χ3n) is 2.24. The van der Waals surface area contributed by atoms with Crippen LogP contribution in [0.2, 0.25) is 0 Å². The van der Waals surface area contributed by atoms with Gasteiger partial charge in [-0.3, -0.25) is 10.3 Å². The summed E-state index contributed by atoms with van der Waals surface area (Å²) in [7, 11) is 0. The largest absolute Gasteiger partial charge is 0.324 e. The van der Waals surface area contributed by atoms with Gasteiger partial charge in [0.05, 0.1) is 6.20 Å². The quantitative estimate of drug-likeness (QED) is 0.895. The Hall–Kier alpha value is -1.95. The Morgan fingerprint density at radius 1 is 1.28 bits per heavy atom. The Balaban J connectivity index is 2.03. The van der Waals surface area contributed by atoms with E-state index in [4.69, 9.17) is 0 Å². The molecule has 0 fully saturated rings. The van der Waals surface area contributed by atoms with Crippen LogP contribution in [0, 0.1) is 6.92 Å². The van der Waals surface area contributed by atoms with Crippen molar-refractivity contribution in [1.82, 2.24) is 9.97 Å². The number of aryl methyl sites for hydroxylation is 1. The number of benzene rings is 1. The highest BCUT2D eigenvalue weighted by atomic mass is 79.9. The van der Waals surface area contributed by atoms with Gasteiger partial charge in [0.25, 0.3) is 0 Å². The standard InChI is InChI=1S/C12H11BrN4O/c1-8-6-9(13)2-3-10(8)16-12(18)17-11-7-14-4-5-15-11/h2-7H,1H3,(H2,15,16,17,18). The van der Waals surface area contributed by atoms with Gasteiger partial charge in [-0.2, -0.15) is 0 Å². The van der Waals surface area contributed by atoms with Gasteiger partial charge in [-0.25, -0.2) is 9.78 Å². The molecule has 1 aromatic carbocycles. The van der Waals surface area contributed by atoms with Crippen molar-refractivity contribution in [1.29, 1.82) is 0 Å². The van der Waals surface area contributed by atoms with Gasteiger partial charge in [0.15, 0.2) is 5.82 Å². The molecule has 0 saturated heterocycles. The minimum atomic E-state index is -0.346. The van der Waals surface area contributed by atoms with E-state index in [1.165, 1.54) is 12.4 Å². The Bertz CT molecular complexity index is 559. The molecule has 0 bridgehead atoms. The second-order valence-corrected chi connectivity index (χ2v) is 4.54. The third kappa shape index (κ3) is 3.27. The van der Waals surface area contributed by atoms with Crippen molar-refractivity contribution in [2.45, 2.75) is 6.92 Å². The molecule has 0 atom stereocenters. The summed E-state index contributed by atoms with van der Waals surface area (Å²) in [5, 5.41) is 5.34. The van der Waals surface area contributed by atoms with Crippen LogP contribution >= 0.6 is 15.9 Å². The third-order valence-corrected chi connectivity index (χ3v) is 2.73. The average Bonchev–Trinajstić information content (AvgIpc) is 2.34. The second kappa shape index (κ2) is 5.59. The molecule has 0 aliphatic heterocycles. The first-order valence-corrected chi connectivity index (χ1v) is 6.04. The van der Waals surface area contributed by atoms with Crippen molar-refractivity contribution in [3.63, 3.8) is 0 Å². The number of hydrogen-bond donors (Lipinski definition) is 2. The molecule has 1 heterocycles. The Morgan fingerprint density at radius 3 is 2.78 bits per heavy atom. The van der Waals surface area contributed by atoms with Crippen LogP contribution in [0.25, 0.3) is 0 Å². The molecule has 0 unspecified atom stereocenters. The van der Waals surface area contributed by atoms with Gasteiger partial charge in [-0.15, -0.1) is 0 Å². The maximum absolute atomic E-state index is 11.7. The van der Waals surface area contributed by atoms with Crippen LogP contribution in [0.3, 0.4) is 0 Å². The van der Waals surface area contributed by atoms with Crippen molar-refractivity contribution >= 4 is 33.5 Å². The molecule has 0 aliphatic carbocycles. The van der Waals surface area contributed by atoms with Gasteiger partial charge >= 0.3 is 6.03 Å². The predicted molar refractivity (Wildman–Crippen MR) is 73.6 cm³/mol. The number of urea groups is 1. The SMILES string of the molecule is Cc1cc(Br)ccc1NC(=O)Nc1cnccn1. The number of aromatic nitrogens is 2. The molecule has 2 rings (SSSR count). The van der Waals surface area contributed by atoms with Crippen molar-refractivity contribution in [2.75, 3.05) is 10.6 Å². The van der Waals surface area contributed by atoms with E-state index >= 15 is 0 Å². The normalized spacial score (nSPS) is 9.89. The van der Waals surface area contributed by atoms with Gasteiger partial charge in [-0.1, -0.05) is 15.9 Å². The van der Waals surface area contributed by atoms with Gasteiger partial charge in [0.1, 0.15) is 0 Å². The van der Waals surface area contributed by atoms with Crippen LogP contribution in [0.1, 0.15) is 5.56 Å². The lowest BCUT2D eigenvalue weighted by Crippen LogP contribution is -2.20. The number of carbonyl (C=O) groups is 1. The van der Waals surface area contributed by atoms with Crippen LogP contribution in [0.5, 0.6) is 0 Å². The summed E-state index contributed by atoms with van der Waals surface area (Å²) in [6, 6.07) is 5.28. The first-order chi connectivity index (χ1) is 8.65. The van der Waals surface area contributed by atoms with E-state index in [1.54, 1.807) is 6.20 Å². The summed E-state index contributed by atoms with van der Waals surface area (Å²) >= 11 is 3.37. The summed E-state index contributed by atoms with van der Waals surface area (Å²) in [6.07, 6.45) is 4.54. The molecule has 2 amide bonds. The van der Waals surface area contributed by atoms with Gasteiger partial charge in [-0.05, 0) is 30.7 Å². The first-order valence-electron chi connectivity index (χ1n) is 5.25. The van der Waals surface area contributed by atoms with Crippen LogP contribution in [-0.4, -0.2) is 16.0 Å². The molecule has 92 valence electrons. The molecule has 18 heavy (non-hydrogen) atoms. The average molecular weight is 307 g/mol. The fraction of sp³-hybridized carbons (Fsp3) is 0.0833. The van der Waals surface area contributed by atoms with Gasteiger partial charge in [0.2, 0.25) is 0 Å². The summed E-state index contributed by atoms with van der Waals surface area (Å²) < 4.78 is 0.972. The number of rotatable bonds is 2. The molecule has 6 heteroatoms. The number of hydrogen-bond acceptors (Lipinski definition) is 3. The van der Waals surface area contributed by atoms with Crippen LogP contribution in [0.15, 0.2) is 41.3 Å². The molecular formula is C12H11BrN4O. The highest BCUT2D eigenvalue weighted by molar-refractivity contribution is 9.10. The van der Waals surface area contributed by atoms with Crippen molar-refractivity contribution < 1.29 is 4.79 Å². The topological polar surface area (TPSA) is 66.9 Å². The number of nitrogens with zero attached hydrogens (tertiary/aromatic N) is 2. The Labute approximate surface area is 113 Å². The number of nitrogens with one attached hydrogen (secondary N) is 2. The molecular weight excluding hydrogens is 296 g/mol. The molecule has 2 aromatic rings. The summed E-state index contributed by atoms with van der Waals surface area (Å²) in [4.78, 5) is 19.5. The lowest BCUT2D eigenvalue weighted by molar-refractivity contribution is 0.262. The van der Waals surface area contributed by atoms with E-state index in [0.717, 1.165) is 15.7 Å². The van der Waals surface area contributed by atoms with E-state index in [1.807, 2.05) is 25.1 Å². The van der Waals surface area contributed by atoms with Crippen molar-refractivity contribution in [3.05, 3.63) is 46.8 Å². The van der Waals surface area contributed by atoms with Gasteiger partial charge < -0.3 is 5.32 Å². The van der Waals surface area contributed by atoms with Gasteiger partial charge in [0, 0.05) is 22.6 Å². The smallest absolute Gasteiger partial charge is 0.307 e. The highest BCUT2D eigenvalue weighted by Gasteiger charge is 2.05. The monoisotopic (exact) mass is 306 g/mol. The number of carbonyl (C=O) groups excluding carboxylic acids is 1. The second-order valence-electron chi connectivity index (χ2n) is 3.63. The zero-order chi connectivity index (χ0) is 13.0. The number of halogens is 1. The maximum Gasteiger partial charge on any atom is 0.324 e. The molecule has 2 N–H and O–H groups in total. The molecule has 1 aromatic heterocycles. The van der Waals surface area contributed by atoms with E-state index in [0.29, 0.717) is 5.82 Å². The molecule has 5 nitrogen and oxygen atoms in total. The fourth-order valence-corrected chi connectivity index (χ4v) is 1.88. The van der Waals surface area contributed by atoms with E-state index < -0.39 is 0 Å².